The Balaban J connectivity index is 1.73. The number of urea groups is 1. The predicted octanol–water partition coefficient (Wildman–Crippen LogP) is 3.59. The number of hydrogen-bond acceptors (Lipinski definition) is 9. The lowest BCUT2D eigenvalue weighted by molar-refractivity contribution is 0.215. The van der Waals surface area contributed by atoms with E-state index in [4.69, 9.17) is 22.1 Å². The third-order valence-electron chi connectivity index (χ3n) is 3.22. The average Bonchev–Trinajstić information content (AvgIpc) is 3.16. The quantitative estimate of drug-likeness (QED) is 0.410. The van der Waals surface area contributed by atoms with E-state index in [-0.39, 0.29) is 16.7 Å². The van der Waals surface area contributed by atoms with Gasteiger partial charge in [0.25, 0.3) is 0 Å². The summed E-state index contributed by atoms with van der Waals surface area (Å²) in [7, 11) is 1.40. The highest BCUT2D eigenvalue weighted by Crippen LogP contribution is 2.31. The van der Waals surface area contributed by atoms with Crippen LogP contribution in [0.1, 0.15) is 5.56 Å². The third kappa shape index (κ3) is 4.84. The van der Waals surface area contributed by atoms with Crippen molar-refractivity contribution < 1.29 is 14.4 Å². The number of carbonyl (C=O) groups excluding carboxylic acids is 1. The second-order valence-corrected chi connectivity index (χ2v) is 6.36. The molecule has 10 nitrogen and oxygen atoms in total. The lowest BCUT2D eigenvalue weighted by Crippen LogP contribution is -2.19. The van der Waals surface area contributed by atoms with E-state index >= 15 is 0 Å². The highest BCUT2D eigenvalue weighted by atomic mass is 35.5. The molecule has 2 heterocycles. The summed E-state index contributed by atoms with van der Waals surface area (Å²) in [5, 5.41) is 11.4. The van der Waals surface area contributed by atoms with Crippen LogP contribution in [0.15, 0.2) is 41.3 Å². The van der Waals surface area contributed by atoms with Gasteiger partial charge in [-0.15, -0.1) is 11.3 Å². The molecule has 2 amide bonds. The van der Waals surface area contributed by atoms with Gasteiger partial charge in [-0.25, -0.2) is 19.7 Å². The van der Waals surface area contributed by atoms with Crippen LogP contribution in [0.3, 0.4) is 0 Å². The standard InChI is InChI=1S/C16H14ClN7O3S/c1-26-22-7-10-13(18)20-8-21-14(10)27-9-2-3-12(11(17)6-9)23-15(25)24-16-19-4-5-28-16/h2-8H,1H3,(H2,18,20,21)(H2,19,23,24,25)/b22-7+. The molecule has 0 radical (unpaired) electrons. The molecule has 28 heavy (non-hydrogen) atoms. The Morgan fingerprint density at radius 2 is 2.18 bits per heavy atom. The number of nitrogens with two attached hydrogens (primary N) is 1. The molecule has 0 unspecified atom stereocenters. The van der Waals surface area contributed by atoms with Gasteiger partial charge in [0.2, 0.25) is 5.88 Å². The van der Waals surface area contributed by atoms with Gasteiger partial charge in [0.1, 0.15) is 30.6 Å². The molecule has 0 saturated heterocycles. The Kier molecular flexibility index (Phi) is 6.19. The van der Waals surface area contributed by atoms with Crippen LogP contribution in [0.25, 0.3) is 0 Å². The average molecular weight is 420 g/mol. The number of nitrogens with one attached hydrogen (secondary N) is 2. The number of hydrogen-bond donors (Lipinski definition) is 3. The molecule has 0 atom stereocenters. The van der Waals surface area contributed by atoms with E-state index in [1.165, 1.54) is 37.1 Å². The largest absolute Gasteiger partial charge is 0.438 e. The summed E-state index contributed by atoms with van der Waals surface area (Å²) >= 11 is 7.54. The van der Waals surface area contributed by atoms with Gasteiger partial charge < -0.3 is 20.6 Å². The molecule has 0 spiro atoms. The Labute approximate surface area is 168 Å². The van der Waals surface area contributed by atoms with E-state index in [0.29, 0.717) is 22.1 Å². The van der Waals surface area contributed by atoms with Gasteiger partial charge in [0.15, 0.2) is 5.13 Å². The summed E-state index contributed by atoms with van der Waals surface area (Å²) in [5.41, 5.74) is 6.56. The molecule has 3 rings (SSSR count). The smallest absolute Gasteiger partial charge is 0.325 e. The van der Waals surface area contributed by atoms with Gasteiger partial charge in [-0.1, -0.05) is 16.8 Å². The number of amides is 2. The molecule has 144 valence electrons. The van der Waals surface area contributed by atoms with E-state index in [0.717, 1.165) is 0 Å². The fourth-order valence-electron chi connectivity index (χ4n) is 2.01. The zero-order valence-corrected chi connectivity index (χ0v) is 16.0. The third-order valence-corrected chi connectivity index (χ3v) is 4.22. The number of benzene rings is 1. The summed E-state index contributed by atoms with van der Waals surface area (Å²) in [6.07, 6.45) is 4.19. The van der Waals surface area contributed by atoms with E-state index in [9.17, 15) is 4.79 Å². The van der Waals surface area contributed by atoms with Gasteiger partial charge >= 0.3 is 6.03 Å². The van der Waals surface area contributed by atoms with Crippen molar-refractivity contribution in [3.05, 3.63) is 46.7 Å². The zero-order valence-electron chi connectivity index (χ0n) is 14.4. The minimum atomic E-state index is -0.466. The van der Waals surface area contributed by atoms with E-state index in [1.807, 2.05) is 0 Å². The highest BCUT2D eigenvalue weighted by molar-refractivity contribution is 7.13. The van der Waals surface area contributed by atoms with Crippen LogP contribution >= 0.6 is 22.9 Å². The maximum atomic E-state index is 12.0. The number of rotatable bonds is 6. The van der Waals surface area contributed by atoms with Crippen LogP contribution < -0.4 is 21.1 Å². The van der Waals surface area contributed by atoms with Gasteiger partial charge in [-0.05, 0) is 12.1 Å². The maximum absolute atomic E-state index is 12.0. The molecule has 12 heteroatoms. The van der Waals surface area contributed by atoms with Gasteiger partial charge in [-0.3, -0.25) is 5.32 Å². The second-order valence-electron chi connectivity index (χ2n) is 5.05. The van der Waals surface area contributed by atoms with Crippen molar-refractivity contribution in [2.75, 3.05) is 23.5 Å². The van der Waals surface area contributed by atoms with Crippen molar-refractivity contribution >= 4 is 51.8 Å². The van der Waals surface area contributed by atoms with Crippen LogP contribution in [-0.2, 0) is 4.84 Å². The summed E-state index contributed by atoms with van der Waals surface area (Å²) in [6, 6.07) is 4.26. The SMILES string of the molecule is CO/N=C/c1c(N)ncnc1Oc1ccc(NC(=O)Nc2nccs2)c(Cl)c1. The van der Waals surface area contributed by atoms with Crippen LogP contribution in [0, 0.1) is 0 Å². The summed E-state index contributed by atoms with van der Waals surface area (Å²) in [4.78, 5) is 28.5. The number of nitrogen functional groups attached to an aromatic ring is 1. The normalized spacial score (nSPS) is 10.6. The first-order valence-electron chi connectivity index (χ1n) is 7.68. The molecule has 0 saturated carbocycles. The first-order chi connectivity index (χ1) is 13.6. The zero-order chi connectivity index (χ0) is 19.9. The first kappa shape index (κ1) is 19.3. The molecule has 0 aliphatic rings. The van der Waals surface area contributed by atoms with Gasteiger partial charge in [-0.2, -0.15) is 0 Å². The molecule has 2 aromatic heterocycles. The Bertz CT molecular complexity index is 998. The minimum absolute atomic E-state index is 0.173. The Morgan fingerprint density at radius 1 is 1.32 bits per heavy atom. The van der Waals surface area contributed by atoms with Crippen molar-refractivity contribution in [3.63, 3.8) is 0 Å². The number of thiazole rings is 1. The Hall–Kier alpha value is -3.44. The number of carbonyl (C=O) groups is 1. The molecule has 0 aliphatic carbocycles. The van der Waals surface area contributed by atoms with Crippen molar-refractivity contribution in [1.29, 1.82) is 0 Å². The predicted molar refractivity (Wildman–Crippen MR) is 107 cm³/mol. The first-order valence-corrected chi connectivity index (χ1v) is 8.94. The summed E-state index contributed by atoms with van der Waals surface area (Å²) in [6.45, 7) is 0. The van der Waals surface area contributed by atoms with E-state index in [1.54, 1.807) is 23.7 Å². The molecule has 0 fully saturated rings. The molecule has 3 aromatic rings. The Morgan fingerprint density at radius 3 is 2.89 bits per heavy atom. The number of anilines is 3. The fourth-order valence-corrected chi connectivity index (χ4v) is 2.75. The van der Waals surface area contributed by atoms with Gasteiger partial charge in [0.05, 0.1) is 16.9 Å². The number of oxime groups is 1. The number of ether oxygens (including phenoxy) is 1. The molecule has 1 aromatic carbocycles. The van der Waals surface area contributed by atoms with Crippen molar-refractivity contribution in [3.8, 4) is 11.6 Å². The van der Waals surface area contributed by atoms with E-state index in [2.05, 4.69) is 35.6 Å². The van der Waals surface area contributed by atoms with Crippen LogP contribution in [0.5, 0.6) is 11.6 Å². The summed E-state index contributed by atoms with van der Waals surface area (Å²) in [5.74, 6) is 0.724. The lowest BCUT2D eigenvalue weighted by atomic mass is 10.3. The van der Waals surface area contributed by atoms with Crippen molar-refractivity contribution in [2.24, 2.45) is 5.16 Å². The molecule has 0 bridgehead atoms. The number of nitrogens with zero attached hydrogens (tertiary/aromatic N) is 4. The van der Waals surface area contributed by atoms with Crippen LogP contribution in [0.2, 0.25) is 5.02 Å². The van der Waals surface area contributed by atoms with Crippen molar-refractivity contribution in [2.45, 2.75) is 0 Å². The van der Waals surface area contributed by atoms with Crippen LogP contribution in [0.4, 0.5) is 21.4 Å². The molecule has 4 N–H and O–H groups in total. The van der Waals surface area contributed by atoms with Gasteiger partial charge in [0, 0.05) is 17.6 Å². The number of halogens is 1. The van der Waals surface area contributed by atoms with Crippen LogP contribution in [-0.4, -0.2) is 34.3 Å². The minimum Gasteiger partial charge on any atom is -0.438 e. The fraction of sp³-hybridized carbons (Fsp3) is 0.0625. The monoisotopic (exact) mass is 419 g/mol. The topological polar surface area (TPSA) is 137 Å². The highest BCUT2D eigenvalue weighted by Gasteiger charge is 2.12. The van der Waals surface area contributed by atoms with Crippen molar-refractivity contribution in [1.82, 2.24) is 15.0 Å². The van der Waals surface area contributed by atoms with E-state index < -0.39 is 6.03 Å². The number of aromatic nitrogens is 3. The molecular formula is C16H14ClN7O3S. The molecular weight excluding hydrogens is 406 g/mol. The summed E-state index contributed by atoms with van der Waals surface area (Å²) < 4.78 is 5.71. The second kappa shape index (κ2) is 8.97. The lowest BCUT2D eigenvalue weighted by Gasteiger charge is -2.11. The maximum Gasteiger partial charge on any atom is 0.325 e. The molecule has 0 aliphatic heterocycles.